The largest absolute Gasteiger partial charge is 0.346 e. The van der Waals surface area contributed by atoms with E-state index in [0.717, 1.165) is 5.13 Å². The second kappa shape index (κ2) is 6.21. The van der Waals surface area contributed by atoms with Crippen molar-refractivity contribution in [1.29, 1.82) is 0 Å². The number of nitrogens with zero attached hydrogens (tertiary/aromatic N) is 3. The average Bonchev–Trinajstić information content (AvgIpc) is 2.84. The van der Waals surface area contributed by atoms with Gasteiger partial charge in [-0.15, -0.1) is 11.3 Å². The van der Waals surface area contributed by atoms with Gasteiger partial charge >= 0.3 is 11.8 Å². The van der Waals surface area contributed by atoms with Crippen molar-refractivity contribution in [2.45, 2.75) is 26.8 Å². The first-order valence-corrected chi connectivity index (χ1v) is 7.56. The van der Waals surface area contributed by atoms with Crippen LogP contribution < -0.4 is 10.2 Å². The topological polar surface area (TPSA) is 65.5 Å². The molecule has 2 amide bonds. The van der Waals surface area contributed by atoms with Gasteiger partial charge in [-0.2, -0.15) is 0 Å². The summed E-state index contributed by atoms with van der Waals surface area (Å²) in [5.41, 5.74) is 0. The number of hydrogen-bond acceptors (Lipinski definition) is 5. The summed E-state index contributed by atoms with van der Waals surface area (Å²) >= 11 is 1.65. The second-order valence-electron chi connectivity index (χ2n) is 5.16. The van der Waals surface area contributed by atoms with Gasteiger partial charge in [0.15, 0.2) is 5.13 Å². The third-order valence-electron chi connectivity index (χ3n) is 3.06. The summed E-state index contributed by atoms with van der Waals surface area (Å²) in [5.74, 6) is -0.952. The van der Waals surface area contributed by atoms with E-state index in [1.54, 1.807) is 16.2 Å². The lowest BCUT2D eigenvalue weighted by atomic mass is 10.3. The minimum atomic E-state index is -0.515. The van der Waals surface area contributed by atoms with Crippen molar-refractivity contribution in [2.75, 3.05) is 31.1 Å². The van der Waals surface area contributed by atoms with Crippen LogP contribution in [-0.4, -0.2) is 53.9 Å². The summed E-state index contributed by atoms with van der Waals surface area (Å²) in [6.07, 6.45) is 1.85. The van der Waals surface area contributed by atoms with Gasteiger partial charge in [0.1, 0.15) is 0 Å². The van der Waals surface area contributed by atoms with Crippen LogP contribution in [-0.2, 0) is 9.59 Å². The molecule has 0 aliphatic carbocycles. The number of piperazine rings is 1. The maximum absolute atomic E-state index is 12.0. The Balaban J connectivity index is 1.88. The molecule has 1 fully saturated rings. The summed E-state index contributed by atoms with van der Waals surface area (Å²) in [7, 11) is 0. The first-order valence-electron chi connectivity index (χ1n) is 6.74. The van der Waals surface area contributed by atoms with Crippen LogP contribution in [0.2, 0.25) is 0 Å². The van der Waals surface area contributed by atoms with Crippen LogP contribution in [0.4, 0.5) is 5.13 Å². The Morgan fingerprint density at radius 1 is 1.30 bits per heavy atom. The van der Waals surface area contributed by atoms with E-state index >= 15 is 0 Å². The molecule has 0 bridgehead atoms. The Labute approximate surface area is 122 Å². The second-order valence-corrected chi connectivity index (χ2v) is 6.37. The molecule has 0 atom stereocenters. The van der Waals surface area contributed by atoms with E-state index in [4.69, 9.17) is 0 Å². The van der Waals surface area contributed by atoms with Gasteiger partial charge < -0.3 is 15.1 Å². The van der Waals surface area contributed by atoms with Crippen molar-refractivity contribution in [3.8, 4) is 0 Å². The molecule has 1 aromatic heterocycles. The number of carbonyl (C=O) groups excluding carboxylic acids is 2. The van der Waals surface area contributed by atoms with E-state index < -0.39 is 11.8 Å². The highest BCUT2D eigenvalue weighted by Crippen LogP contribution is 2.22. The molecule has 0 spiro atoms. The average molecular weight is 296 g/mol. The molecule has 7 heteroatoms. The molecule has 1 aromatic rings. The Morgan fingerprint density at radius 3 is 2.45 bits per heavy atom. The van der Waals surface area contributed by atoms with Crippen LogP contribution in [0.1, 0.15) is 18.7 Å². The smallest absolute Gasteiger partial charge is 0.312 e. The van der Waals surface area contributed by atoms with E-state index in [9.17, 15) is 9.59 Å². The fourth-order valence-corrected chi connectivity index (χ4v) is 2.87. The Morgan fingerprint density at radius 2 is 1.95 bits per heavy atom. The van der Waals surface area contributed by atoms with Crippen molar-refractivity contribution >= 4 is 28.3 Å². The molecule has 0 radical (unpaired) electrons. The highest BCUT2D eigenvalue weighted by Gasteiger charge is 2.27. The monoisotopic (exact) mass is 296 g/mol. The molecule has 110 valence electrons. The van der Waals surface area contributed by atoms with Crippen LogP contribution >= 0.6 is 11.3 Å². The molecule has 1 N–H and O–H groups in total. The van der Waals surface area contributed by atoms with E-state index in [2.05, 4.69) is 15.2 Å². The first-order chi connectivity index (χ1) is 9.47. The van der Waals surface area contributed by atoms with Gasteiger partial charge in [0.05, 0.1) is 0 Å². The fourth-order valence-electron chi connectivity index (χ4n) is 2.06. The van der Waals surface area contributed by atoms with Crippen LogP contribution in [0, 0.1) is 6.92 Å². The highest BCUT2D eigenvalue weighted by molar-refractivity contribution is 7.15. The van der Waals surface area contributed by atoms with Gasteiger partial charge in [-0.05, 0) is 20.8 Å². The maximum atomic E-state index is 12.0. The predicted molar refractivity (Wildman–Crippen MR) is 78.9 cm³/mol. The van der Waals surface area contributed by atoms with Crippen LogP contribution in [0.25, 0.3) is 0 Å². The summed E-state index contributed by atoms with van der Waals surface area (Å²) in [4.78, 5) is 32.9. The van der Waals surface area contributed by atoms with Crippen molar-refractivity contribution in [2.24, 2.45) is 0 Å². The van der Waals surface area contributed by atoms with E-state index in [1.807, 2.05) is 27.0 Å². The summed E-state index contributed by atoms with van der Waals surface area (Å²) < 4.78 is 0. The van der Waals surface area contributed by atoms with E-state index in [-0.39, 0.29) is 6.04 Å². The number of anilines is 1. The molecule has 2 rings (SSSR count). The van der Waals surface area contributed by atoms with Gasteiger partial charge in [-0.25, -0.2) is 4.98 Å². The molecule has 0 saturated carbocycles. The number of carbonyl (C=O) groups is 2. The number of aromatic nitrogens is 1. The first kappa shape index (κ1) is 14.8. The molecule has 20 heavy (non-hydrogen) atoms. The lowest BCUT2D eigenvalue weighted by Crippen LogP contribution is -2.53. The minimum Gasteiger partial charge on any atom is -0.346 e. The Kier molecular flexibility index (Phi) is 4.59. The molecule has 1 aliphatic heterocycles. The third kappa shape index (κ3) is 3.47. The molecule has 0 unspecified atom stereocenters. The van der Waals surface area contributed by atoms with Gasteiger partial charge in [-0.3, -0.25) is 9.59 Å². The van der Waals surface area contributed by atoms with E-state index in [1.165, 1.54) is 4.88 Å². The van der Waals surface area contributed by atoms with Crippen LogP contribution in [0.3, 0.4) is 0 Å². The fraction of sp³-hybridized carbons (Fsp3) is 0.615. The summed E-state index contributed by atoms with van der Waals surface area (Å²) in [6, 6.07) is -0.0222. The number of rotatable bonds is 2. The van der Waals surface area contributed by atoms with Crippen molar-refractivity contribution in [3.05, 3.63) is 11.1 Å². The standard InChI is InChI=1S/C13H20N4O2S/c1-9(2)15-11(18)12(19)16-4-6-17(7-5-16)13-14-8-10(3)20-13/h8-9H,4-7H2,1-3H3,(H,15,18). The molecular formula is C13H20N4O2S. The molecule has 1 saturated heterocycles. The zero-order valence-corrected chi connectivity index (χ0v) is 12.9. The highest BCUT2D eigenvalue weighted by atomic mass is 32.1. The van der Waals surface area contributed by atoms with Crippen LogP contribution in [0.15, 0.2) is 6.20 Å². The summed E-state index contributed by atoms with van der Waals surface area (Å²) in [6.45, 7) is 8.26. The normalized spacial score (nSPS) is 15.6. The lowest BCUT2D eigenvalue weighted by molar-refractivity contribution is -0.146. The SMILES string of the molecule is Cc1cnc(N2CCN(C(=O)C(=O)NC(C)C)CC2)s1. The number of nitrogens with one attached hydrogen (secondary N) is 1. The number of thiazole rings is 1. The third-order valence-corrected chi connectivity index (χ3v) is 4.03. The minimum absolute atomic E-state index is 0.0222. The van der Waals surface area contributed by atoms with Crippen molar-refractivity contribution in [3.63, 3.8) is 0 Å². The van der Waals surface area contributed by atoms with Crippen molar-refractivity contribution in [1.82, 2.24) is 15.2 Å². The zero-order chi connectivity index (χ0) is 14.7. The number of aryl methyl sites for hydroxylation is 1. The molecular weight excluding hydrogens is 276 g/mol. The molecule has 0 aromatic carbocycles. The predicted octanol–water partition coefficient (Wildman–Crippen LogP) is 0.625. The maximum Gasteiger partial charge on any atom is 0.312 e. The van der Waals surface area contributed by atoms with Crippen LogP contribution in [0.5, 0.6) is 0 Å². The Hall–Kier alpha value is -1.63. The van der Waals surface area contributed by atoms with Gasteiger partial charge in [0, 0.05) is 43.3 Å². The number of amides is 2. The lowest BCUT2D eigenvalue weighted by Gasteiger charge is -2.34. The van der Waals surface area contributed by atoms with Gasteiger partial charge in [0.25, 0.3) is 0 Å². The molecule has 1 aliphatic rings. The molecule has 2 heterocycles. The van der Waals surface area contributed by atoms with E-state index in [0.29, 0.717) is 26.2 Å². The Bertz CT molecular complexity index is 492. The quantitative estimate of drug-likeness (QED) is 0.813. The van der Waals surface area contributed by atoms with Crippen molar-refractivity contribution < 1.29 is 9.59 Å². The zero-order valence-electron chi connectivity index (χ0n) is 12.0. The summed E-state index contributed by atoms with van der Waals surface area (Å²) in [5, 5.41) is 3.62. The van der Waals surface area contributed by atoms with Gasteiger partial charge in [-0.1, -0.05) is 0 Å². The van der Waals surface area contributed by atoms with Gasteiger partial charge in [0.2, 0.25) is 0 Å². The number of hydrogen-bond donors (Lipinski definition) is 1. The molecule has 6 nitrogen and oxygen atoms in total.